The van der Waals surface area contributed by atoms with Gasteiger partial charge in [0.15, 0.2) is 0 Å². The number of alkyl halides is 1. The average molecular weight is 352 g/mol. The van der Waals surface area contributed by atoms with E-state index in [1.165, 1.54) is 40.8 Å². The molecule has 0 aliphatic heterocycles. The van der Waals surface area contributed by atoms with E-state index in [0.717, 1.165) is 17.2 Å². The SMILES string of the molecule is BrCC(Cc1ccc(Br)s1)C1CCCC1. The van der Waals surface area contributed by atoms with Crippen LogP contribution in [0.2, 0.25) is 0 Å². The summed E-state index contributed by atoms with van der Waals surface area (Å²) in [6.07, 6.45) is 7.04. The van der Waals surface area contributed by atoms with Gasteiger partial charge in [-0.2, -0.15) is 0 Å². The Balaban J connectivity index is 1.95. The van der Waals surface area contributed by atoms with Gasteiger partial charge in [-0.15, -0.1) is 11.3 Å². The van der Waals surface area contributed by atoms with Crippen LogP contribution in [-0.2, 0) is 6.42 Å². The molecule has 1 aliphatic rings. The highest BCUT2D eigenvalue weighted by Gasteiger charge is 2.24. The molecule has 0 spiro atoms. The van der Waals surface area contributed by atoms with Crippen LogP contribution < -0.4 is 0 Å². The number of hydrogen-bond acceptors (Lipinski definition) is 1. The normalized spacial score (nSPS) is 19.6. The highest BCUT2D eigenvalue weighted by atomic mass is 79.9. The third-order valence-electron chi connectivity index (χ3n) is 3.36. The van der Waals surface area contributed by atoms with Crippen LogP contribution in [0, 0.1) is 11.8 Å². The standard InChI is InChI=1S/C12H16Br2S/c13-8-10(9-3-1-2-4-9)7-11-5-6-12(14)15-11/h5-6,9-10H,1-4,7-8H2. The first kappa shape index (κ1) is 12.1. The van der Waals surface area contributed by atoms with Crippen molar-refractivity contribution in [3.05, 3.63) is 20.8 Å². The summed E-state index contributed by atoms with van der Waals surface area (Å²) in [6.45, 7) is 0. The van der Waals surface area contributed by atoms with Crippen molar-refractivity contribution in [2.75, 3.05) is 5.33 Å². The van der Waals surface area contributed by atoms with Crippen LogP contribution >= 0.6 is 43.2 Å². The molecule has 1 heterocycles. The zero-order chi connectivity index (χ0) is 10.7. The minimum atomic E-state index is 0.845. The van der Waals surface area contributed by atoms with Gasteiger partial charge >= 0.3 is 0 Å². The summed E-state index contributed by atoms with van der Waals surface area (Å²) in [5.41, 5.74) is 0. The Morgan fingerprint density at radius 3 is 2.60 bits per heavy atom. The first-order valence-electron chi connectivity index (χ1n) is 5.60. The average Bonchev–Trinajstić information content (AvgIpc) is 2.85. The van der Waals surface area contributed by atoms with Gasteiger partial charge in [0.2, 0.25) is 0 Å². The van der Waals surface area contributed by atoms with E-state index >= 15 is 0 Å². The molecule has 1 saturated carbocycles. The second-order valence-corrected chi connectivity index (χ2v) is 7.56. The molecule has 0 bridgehead atoms. The molecule has 1 atom stereocenters. The third-order valence-corrected chi connectivity index (χ3v) is 5.83. The smallest absolute Gasteiger partial charge is 0.0701 e. The summed E-state index contributed by atoms with van der Waals surface area (Å²) in [4.78, 5) is 1.53. The quantitative estimate of drug-likeness (QED) is 0.649. The van der Waals surface area contributed by atoms with Crippen molar-refractivity contribution in [2.24, 2.45) is 11.8 Å². The lowest BCUT2D eigenvalue weighted by Crippen LogP contribution is -2.15. The number of thiophene rings is 1. The van der Waals surface area contributed by atoms with Gasteiger partial charge in [-0.05, 0) is 46.3 Å². The monoisotopic (exact) mass is 350 g/mol. The van der Waals surface area contributed by atoms with Gasteiger partial charge in [-0.3, -0.25) is 0 Å². The molecule has 1 aromatic rings. The Morgan fingerprint density at radius 1 is 1.33 bits per heavy atom. The van der Waals surface area contributed by atoms with Crippen LogP contribution in [0.15, 0.2) is 15.9 Å². The molecule has 3 heteroatoms. The predicted octanol–water partition coefficient (Wildman–Crippen LogP) is 5.25. The van der Waals surface area contributed by atoms with Crippen molar-refractivity contribution in [1.82, 2.24) is 0 Å². The molecule has 0 aromatic carbocycles. The Kier molecular flexibility index (Phi) is 4.71. The van der Waals surface area contributed by atoms with Crippen LogP contribution in [0.4, 0.5) is 0 Å². The molecule has 0 amide bonds. The van der Waals surface area contributed by atoms with Crippen LogP contribution in [-0.4, -0.2) is 5.33 Å². The fourth-order valence-corrected chi connectivity index (χ4v) is 4.83. The molecule has 1 unspecified atom stereocenters. The van der Waals surface area contributed by atoms with Crippen molar-refractivity contribution >= 4 is 43.2 Å². The maximum atomic E-state index is 3.68. The van der Waals surface area contributed by atoms with E-state index in [2.05, 4.69) is 44.0 Å². The zero-order valence-electron chi connectivity index (χ0n) is 8.72. The highest BCUT2D eigenvalue weighted by Crippen LogP contribution is 2.35. The Hall–Kier alpha value is 0.660. The van der Waals surface area contributed by atoms with E-state index in [9.17, 15) is 0 Å². The van der Waals surface area contributed by atoms with E-state index in [1.54, 1.807) is 0 Å². The second kappa shape index (κ2) is 5.83. The third kappa shape index (κ3) is 3.31. The lowest BCUT2D eigenvalue weighted by atomic mass is 9.89. The van der Waals surface area contributed by atoms with Crippen LogP contribution in [0.25, 0.3) is 0 Å². The van der Waals surface area contributed by atoms with E-state index in [0.29, 0.717) is 0 Å². The minimum Gasteiger partial charge on any atom is -0.133 e. The van der Waals surface area contributed by atoms with Crippen LogP contribution in [0.5, 0.6) is 0 Å². The Labute approximate surface area is 113 Å². The maximum absolute atomic E-state index is 3.68. The van der Waals surface area contributed by atoms with Crippen molar-refractivity contribution < 1.29 is 0 Å². The molecule has 1 aliphatic carbocycles. The van der Waals surface area contributed by atoms with Gasteiger partial charge in [-0.25, -0.2) is 0 Å². The van der Waals surface area contributed by atoms with E-state index in [4.69, 9.17) is 0 Å². The largest absolute Gasteiger partial charge is 0.133 e. The summed E-state index contributed by atoms with van der Waals surface area (Å²) in [5.74, 6) is 1.81. The van der Waals surface area contributed by atoms with E-state index in [-0.39, 0.29) is 0 Å². The van der Waals surface area contributed by atoms with E-state index in [1.807, 2.05) is 11.3 Å². The summed E-state index contributed by atoms with van der Waals surface area (Å²) in [5, 5.41) is 1.16. The van der Waals surface area contributed by atoms with Crippen molar-refractivity contribution in [2.45, 2.75) is 32.1 Å². The van der Waals surface area contributed by atoms with E-state index < -0.39 is 0 Å². The van der Waals surface area contributed by atoms with Gasteiger partial charge in [-0.1, -0.05) is 41.6 Å². The fraction of sp³-hybridized carbons (Fsp3) is 0.667. The van der Waals surface area contributed by atoms with Gasteiger partial charge in [0.05, 0.1) is 3.79 Å². The molecule has 0 radical (unpaired) electrons. The molecule has 0 saturated heterocycles. The predicted molar refractivity (Wildman–Crippen MR) is 75.0 cm³/mol. The zero-order valence-corrected chi connectivity index (χ0v) is 12.7. The number of rotatable bonds is 4. The molecular weight excluding hydrogens is 336 g/mol. The minimum absolute atomic E-state index is 0.845. The summed E-state index contributed by atoms with van der Waals surface area (Å²) in [6, 6.07) is 4.43. The van der Waals surface area contributed by atoms with Gasteiger partial charge in [0.25, 0.3) is 0 Å². The molecule has 1 fully saturated rings. The summed E-state index contributed by atoms with van der Waals surface area (Å²) >= 11 is 9.10. The molecule has 84 valence electrons. The summed E-state index contributed by atoms with van der Waals surface area (Å²) < 4.78 is 1.26. The van der Waals surface area contributed by atoms with Gasteiger partial charge < -0.3 is 0 Å². The van der Waals surface area contributed by atoms with Gasteiger partial charge in [0, 0.05) is 10.2 Å². The van der Waals surface area contributed by atoms with Gasteiger partial charge in [0.1, 0.15) is 0 Å². The molecule has 15 heavy (non-hydrogen) atoms. The Bertz CT molecular complexity index is 302. The molecule has 1 aromatic heterocycles. The number of halogens is 2. The fourth-order valence-electron chi connectivity index (χ4n) is 2.50. The Morgan fingerprint density at radius 2 is 2.07 bits per heavy atom. The van der Waals surface area contributed by atoms with Crippen molar-refractivity contribution in [3.63, 3.8) is 0 Å². The topological polar surface area (TPSA) is 0 Å². The summed E-state index contributed by atoms with van der Waals surface area (Å²) in [7, 11) is 0. The highest BCUT2D eigenvalue weighted by molar-refractivity contribution is 9.11. The lowest BCUT2D eigenvalue weighted by Gasteiger charge is -2.20. The molecular formula is C12H16Br2S. The van der Waals surface area contributed by atoms with Crippen LogP contribution in [0.1, 0.15) is 30.6 Å². The second-order valence-electron chi connectivity index (χ2n) is 4.37. The van der Waals surface area contributed by atoms with Crippen molar-refractivity contribution in [3.8, 4) is 0 Å². The van der Waals surface area contributed by atoms with Crippen molar-refractivity contribution in [1.29, 1.82) is 0 Å². The van der Waals surface area contributed by atoms with Crippen LogP contribution in [0.3, 0.4) is 0 Å². The number of hydrogen-bond donors (Lipinski definition) is 0. The maximum Gasteiger partial charge on any atom is 0.0701 e. The molecule has 2 rings (SSSR count). The molecule has 0 N–H and O–H groups in total. The lowest BCUT2D eigenvalue weighted by molar-refractivity contribution is 0.375. The first-order valence-corrected chi connectivity index (χ1v) is 8.33. The molecule has 0 nitrogen and oxygen atoms in total. The first-order chi connectivity index (χ1) is 7.29.